The lowest BCUT2D eigenvalue weighted by atomic mass is 10.1. The summed E-state index contributed by atoms with van der Waals surface area (Å²) in [6.45, 7) is 2.64. The van der Waals surface area contributed by atoms with E-state index in [0.717, 1.165) is 16.9 Å². The van der Waals surface area contributed by atoms with Gasteiger partial charge in [0.1, 0.15) is 5.75 Å². The summed E-state index contributed by atoms with van der Waals surface area (Å²) in [6.07, 6.45) is 2.50. The van der Waals surface area contributed by atoms with Gasteiger partial charge in [-0.2, -0.15) is 4.98 Å². The Kier molecular flexibility index (Phi) is 3.21. The summed E-state index contributed by atoms with van der Waals surface area (Å²) in [5.41, 5.74) is 2.00. The summed E-state index contributed by atoms with van der Waals surface area (Å²) in [7, 11) is 1.66. The maximum absolute atomic E-state index is 5.24. The van der Waals surface area contributed by atoms with Crippen molar-refractivity contribution in [2.45, 2.75) is 32.4 Å². The lowest BCUT2D eigenvalue weighted by molar-refractivity contribution is 0.367. The van der Waals surface area contributed by atoms with E-state index in [1.165, 1.54) is 12.8 Å². The van der Waals surface area contributed by atoms with Crippen LogP contribution in [0.5, 0.6) is 5.75 Å². The molecule has 5 nitrogen and oxygen atoms in total. The first kappa shape index (κ1) is 12.2. The monoisotopic (exact) mass is 259 g/mol. The highest BCUT2D eigenvalue weighted by Crippen LogP contribution is 2.24. The van der Waals surface area contributed by atoms with Crippen molar-refractivity contribution in [2.75, 3.05) is 7.11 Å². The minimum absolute atomic E-state index is 0.623. The first-order chi connectivity index (χ1) is 9.26. The normalized spacial score (nSPS) is 14.6. The number of ether oxygens (including phenoxy) is 1. The van der Waals surface area contributed by atoms with Gasteiger partial charge < -0.3 is 14.6 Å². The average Bonchev–Trinajstić information content (AvgIpc) is 3.13. The SMILES string of the molecule is COc1ccc(-c2noc(CNC3CC3)n2)cc1C. The van der Waals surface area contributed by atoms with Gasteiger partial charge in [0.15, 0.2) is 0 Å². The lowest BCUT2D eigenvalue weighted by Gasteiger charge is -2.04. The molecule has 0 atom stereocenters. The van der Waals surface area contributed by atoms with Gasteiger partial charge in [0.2, 0.25) is 11.7 Å². The van der Waals surface area contributed by atoms with E-state index in [9.17, 15) is 0 Å². The zero-order valence-corrected chi connectivity index (χ0v) is 11.1. The minimum atomic E-state index is 0.623. The Morgan fingerprint density at radius 2 is 2.26 bits per heavy atom. The highest BCUT2D eigenvalue weighted by atomic mass is 16.5. The second-order valence-electron chi connectivity index (χ2n) is 4.85. The molecule has 0 bridgehead atoms. The molecule has 0 aliphatic heterocycles. The highest BCUT2D eigenvalue weighted by molar-refractivity contribution is 5.58. The highest BCUT2D eigenvalue weighted by Gasteiger charge is 2.21. The summed E-state index contributed by atoms with van der Waals surface area (Å²) in [6, 6.07) is 6.50. The fraction of sp³-hybridized carbons (Fsp3) is 0.429. The predicted molar refractivity (Wildman–Crippen MR) is 70.9 cm³/mol. The van der Waals surface area contributed by atoms with Crippen LogP contribution in [0.2, 0.25) is 0 Å². The minimum Gasteiger partial charge on any atom is -0.496 e. The van der Waals surface area contributed by atoms with Crippen molar-refractivity contribution in [3.8, 4) is 17.1 Å². The van der Waals surface area contributed by atoms with Crippen LogP contribution in [0.1, 0.15) is 24.3 Å². The summed E-state index contributed by atoms with van der Waals surface area (Å²) < 4.78 is 10.5. The third-order valence-corrected chi connectivity index (χ3v) is 3.24. The average molecular weight is 259 g/mol. The van der Waals surface area contributed by atoms with Gasteiger partial charge in [-0.05, 0) is 43.5 Å². The Bertz CT molecular complexity index is 576. The Morgan fingerprint density at radius 3 is 2.95 bits per heavy atom. The number of hydrogen-bond donors (Lipinski definition) is 1. The molecule has 3 rings (SSSR count). The molecule has 0 radical (unpaired) electrons. The molecule has 1 aromatic carbocycles. The Labute approximate surface area is 112 Å². The molecule has 1 N–H and O–H groups in total. The van der Waals surface area contributed by atoms with Gasteiger partial charge in [0.25, 0.3) is 0 Å². The molecule has 19 heavy (non-hydrogen) atoms. The summed E-state index contributed by atoms with van der Waals surface area (Å²) >= 11 is 0. The molecule has 5 heteroatoms. The van der Waals surface area contributed by atoms with Crippen LogP contribution in [0.15, 0.2) is 22.7 Å². The topological polar surface area (TPSA) is 60.2 Å². The van der Waals surface area contributed by atoms with Gasteiger partial charge in [0, 0.05) is 11.6 Å². The molecule has 0 unspecified atom stereocenters. The molecule has 1 aliphatic carbocycles. The molecule has 1 aromatic heterocycles. The first-order valence-electron chi connectivity index (χ1n) is 6.47. The van der Waals surface area contributed by atoms with Crippen LogP contribution in [0.3, 0.4) is 0 Å². The number of hydrogen-bond acceptors (Lipinski definition) is 5. The molecule has 2 aromatic rings. The predicted octanol–water partition coefficient (Wildman–Crippen LogP) is 2.31. The molecular weight excluding hydrogens is 242 g/mol. The molecule has 1 aliphatic rings. The number of nitrogens with zero attached hydrogens (tertiary/aromatic N) is 2. The van der Waals surface area contributed by atoms with Crippen LogP contribution in [-0.4, -0.2) is 23.3 Å². The molecular formula is C14H17N3O2. The van der Waals surface area contributed by atoms with Crippen molar-refractivity contribution in [1.29, 1.82) is 0 Å². The summed E-state index contributed by atoms with van der Waals surface area (Å²) in [4.78, 5) is 4.40. The molecule has 1 fully saturated rings. The number of rotatable bonds is 5. The van der Waals surface area contributed by atoms with Crippen LogP contribution in [0.4, 0.5) is 0 Å². The standard InChI is InChI=1S/C14H17N3O2/c1-9-7-10(3-6-12(9)18-2)14-16-13(19-17-14)8-15-11-4-5-11/h3,6-7,11,15H,4-5,8H2,1-2H3. The smallest absolute Gasteiger partial charge is 0.240 e. The van der Waals surface area contributed by atoms with Crippen molar-refractivity contribution in [2.24, 2.45) is 0 Å². The summed E-state index contributed by atoms with van der Waals surface area (Å²) in [5, 5.41) is 7.37. The van der Waals surface area contributed by atoms with Crippen LogP contribution in [0, 0.1) is 6.92 Å². The lowest BCUT2D eigenvalue weighted by Crippen LogP contribution is -2.15. The van der Waals surface area contributed by atoms with Gasteiger partial charge in [-0.15, -0.1) is 0 Å². The van der Waals surface area contributed by atoms with Gasteiger partial charge in [-0.3, -0.25) is 0 Å². The Hall–Kier alpha value is -1.88. The fourth-order valence-electron chi connectivity index (χ4n) is 1.98. The molecule has 0 amide bonds. The van der Waals surface area contributed by atoms with Crippen LogP contribution >= 0.6 is 0 Å². The molecule has 100 valence electrons. The zero-order chi connectivity index (χ0) is 13.2. The van der Waals surface area contributed by atoms with Crippen molar-refractivity contribution in [1.82, 2.24) is 15.5 Å². The number of nitrogens with one attached hydrogen (secondary N) is 1. The van der Waals surface area contributed by atoms with E-state index >= 15 is 0 Å². The van der Waals surface area contributed by atoms with Gasteiger partial charge in [-0.25, -0.2) is 0 Å². The number of benzene rings is 1. The maximum Gasteiger partial charge on any atom is 0.240 e. The largest absolute Gasteiger partial charge is 0.496 e. The third kappa shape index (κ3) is 2.76. The summed E-state index contributed by atoms with van der Waals surface area (Å²) in [5.74, 6) is 2.12. The maximum atomic E-state index is 5.24. The van der Waals surface area contributed by atoms with E-state index in [4.69, 9.17) is 9.26 Å². The van der Waals surface area contributed by atoms with Crippen LogP contribution < -0.4 is 10.1 Å². The van der Waals surface area contributed by atoms with Crippen molar-refractivity contribution >= 4 is 0 Å². The molecule has 0 spiro atoms. The second kappa shape index (κ2) is 5.01. The Morgan fingerprint density at radius 1 is 1.42 bits per heavy atom. The van der Waals surface area contributed by atoms with Gasteiger partial charge in [0.05, 0.1) is 13.7 Å². The second-order valence-corrected chi connectivity index (χ2v) is 4.85. The van der Waals surface area contributed by atoms with E-state index in [1.54, 1.807) is 7.11 Å². The van der Waals surface area contributed by atoms with E-state index < -0.39 is 0 Å². The van der Waals surface area contributed by atoms with Crippen molar-refractivity contribution in [3.63, 3.8) is 0 Å². The van der Waals surface area contributed by atoms with E-state index in [1.807, 2.05) is 25.1 Å². The third-order valence-electron chi connectivity index (χ3n) is 3.24. The van der Waals surface area contributed by atoms with E-state index in [-0.39, 0.29) is 0 Å². The van der Waals surface area contributed by atoms with Crippen molar-refractivity contribution < 1.29 is 9.26 Å². The number of aryl methyl sites for hydroxylation is 1. The first-order valence-corrected chi connectivity index (χ1v) is 6.47. The molecule has 0 saturated heterocycles. The number of methoxy groups -OCH3 is 1. The Balaban J connectivity index is 1.75. The molecule has 1 saturated carbocycles. The molecule has 1 heterocycles. The zero-order valence-electron chi connectivity index (χ0n) is 11.1. The van der Waals surface area contributed by atoms with E-state index in [2.05, 4.69) is 15.5 Å². The quantitative estimate of drug-likeness (QED) is 0.892. The van der Waals surface area contributed by atoms with Gasteiger partial charge in [-0.1, -0.05) is 5.16 Å². The number of aromatic nitrogens is 2. The van der Waals surface area contributed by atoms with Crippen LogP contribution in [0.25, 0.3) is 11.4 Å². The van der Waals surface area contributed by atoms with E-state index in [0.29, 0.717) is 24.3 Å². The van der Waals surface area contributed by atoms with Crippen molar-refractivity contribution in [3.05, 3.63) is 29.7 Å². The van der Waals surface area contributed by atoms with Gasteiger partial charge >= 0.3 is 0 Å². The fourth-order valence-corrected chi connectivity index (χ4v) is 1.98. The van der Waals surface area contributed by atoms with Crippen LogP contribution in [-0.2, 0) is 6.54 Å².